The molecular weight excluding hydrogens is 371 g/mol. The van der Waals surface area contributed by atoms with Gasteiger partial charge >= 0.3 is 5.97 Å². The van der Waals surface area contributed by atoms with E-state index < -0.39 is 17.6 Å². The Morgan fingerprint density at radius 3 is 2.52 bits per heavy atom. The fraction of sp³-hybridized carbons (Fsp3) is 0.0625. The largest absolute Gasteiger partial charge is 0.493 e. The number of methoxy groups -OCH3 is 1. The Hall–Kier alpha value is -2.77. The van der Waals surface area contributed by atoms with E-state index in [2.05, 4.69) is 10.3 Å². The van der Waals surface area contributed by atoms with E-state index in [9.17, 15) is 14.7 Å². The summed E-state index contributed by atoms with van der Waals surface area (Å²) in [5.74, 6) is -2.34. The van der Waals surface area contributed by atoms with Crippen LogP contribution in [-0.4, -0.2) is 29.1 Å². The first kappa shape index (κ1) is 17.1. The molecule has 0 aliphatic rings. The van der Waals surface area contributed by atoms with Gasteiger partial charge in [0.05, 0.1) is 22.8 Å². The van der Waals surface area contributed by atoms with E-state index in [4.69, 9.17) is 32.4 Å². The van der Waals surface area contributed by atoms with Crippen LogP contribution in [0.5, 0.6) is 5.75 Å². The Bertz CT molecular complexity index is 979. The zero-order valence-electron chi connectivity index (χ0n) is 12.7. The van der Waals surface area contributed by atoms with Crippen molar-refractivity contribution in [2.45, 2.75) is 0 Å². The van der Waals surface area contributed by atoms with E-state index in [1.807, 2.05) is 0 Å². The molecule has 2 aromatic heterocycles. The summed E-state index contributed by atoms with van der Waals surface area (Å²) in [4.78, 5) is 28.0. The van der Waals surface area contributed by atoms with E-state index in [0.29, 0.717) is 5.75 Å². The van der Waals surface area contributed by atoms with E-state index in [1.165, 1.54) is 19.5 Å². The van der Waals surface area contributed by atoms with Crippen LogP contribution in [0.15, 0.2) is 35.0 Å². The second-order valence-corrected chi connectivity index (χ2v) is 5.69. The number of aromatic nitrogens is 1. The monoisotopic (exact) mass is 380 g/mol. The highest BCUT2D eigenvalue weighted by Gasteiger charge is 2.27. The first-order valence-electron chi connectivity index (χ1n) is 6.87. The minimum Gasteiger partial charge on any atom is -0.493 e. The molecule has 0 unspecified atom stereocenters. The number of benzene rings is 1. The third kappa shape index (κ3) is 2.99. The number of furan rings is 1. The highest BCUT2D eigenvalue weighted by atomic mass is 35.5. The number of carbonyl (C=O) groups excluding carboxylic acids is 1. The van der Waals surface area contributed by atoms with Crippen LogP contribution < -0.4 is 10.1 Å². The number of carboxylic acid groups (broad SMARTS) is 1. The molecule has 0 fully saturated rings. The molecule has 2 N–H and O–H groups in total. The number of hydrogen-bond acceptors (Lipinski definition) is 5. The van der Waals surface area contributed by atoms with Crippen molar-refractivity contribution in [2.75, 3.05) is 12.4 Å². The smallest absolute Gasteiger partial charge is 0.372 e. The predicted molar refractivity (Wildman–Crippen MR) is 91.9 cm³/mol. The Balaban J connectivity index is 2.15. The third-order valence-corrected chi connectivity index (χ3v) is 3.99. The van der Waals surface area contributed by atoms with Gasteiger partial charge in [0.1, 0.15) is 5.56 Å². The van der Waals surface area contributed by atoms with Crippen molar-refractivity contribution in [3.05, 3.63) is 52.0 Å². The van der Waals surface area contributed by atoms with Gasteiger partial charge in [-0.3, -0.25) is 9.78 Å². The number of pyridine rings is 1. The lowest BCUT2D eigenvalue weighted by Gasteiger charge is -2.08. The van der Waals surface area contributed by atoms with Crippen LogP contribution in [0.4, 0.5) is 5.69 Å². The van der Waals surface area contributed by atoms with Crippen LogP contribution in [0.25, 0.3) is 11.0 Å². The lowest BCUT2D eigenvalue weighted by atomic mass is 10.1. The molecule has 0 spiro atoms. The van der Waals surface area contributed by atoms with E-state index >= 15 is 0 Å². The number of nitrogens with one attached hydrogen (secondary N) is 1. The van der Waals surface area contributed by atoms with Gasteiger partial charge in [-0.15, -0.1) is 0 Å². The maximum absolute atomic E-state index is 12.7. The Kier molecular flexibility index (Phi) is 4.52. The molecule has 0 radical (unpaired) electrons. The van der Waals surface area contributed by atoms with Gasteiger partial charge in [0.15, 0.2) is 11.3 Å². The molecule has 3 aromatic rings. The van der Waals surface area contributed by atoms with Crippen LogP contribution in [0, 0.1) is 0 Å². The van der Waals surface area contributed by atoms with Gasteiger partial charge in [0.25, 0.3) is 5.91 Å². The van der Waals surface area contributed by atoms with E-state index in [1.54, 1.807) is 18.2 Å². The normalized spacial score (nSPS) is 10.7. The molecule has 128 valence electrons. The second kappa shape index (κ2) is 6.62. The molecule has 0 saturated heterocycles. The number of amides is 1. The van der Waals surface area contributed by atoms with E-state index in [0.717, 1.165) is 0 Å². The Morgan fingerprint density at radius 1 is 1.24 bits per heavy atom. The number of anilines is 1. The number of carboxylic acids is 1. The molecule has 3 rings (SSSR count). The number of carbonyl (C=O) groups is 2. The predicted octanol–water partition coefficient (Wildman–Crippen LogP) is 4.09. The summed E-state index contributed by atoms with van der Waals surface area (Å²) in [5, 5.41) is 12.4. The summed E-state index contributed by atoms with van der Waals surface area (Å²) >= 11 is 12.0. The summed E-state index contributed by atoms with van der Waals surface area (Å²) in [6.07, 6.45) is 2.61. The molecule has 7 nitrogen and oxygen atoms in total. The van der Waals surface area contributed by atoms with Gasteiger partial charge in [-0.2, -0.15) is 0 Å². The van der Waals surface area contributed by atoms with Crippen LogP contribution in [0.2, 0.25) is 10.0 Å². The lowest BCUT2D eigenvalue weighted by Crippen LogP contribution is -2.15. The Labute approximate surface area is 151 Å². The summed E-state index contributed by atoms with van der Waals surface area (Å²) in [6.45, 7) is 0. The van der Waals surface area contributed by atoms with Crippen LogP contribution in [-0.2, 0) is 0 Å². The average Bonchev–Trinajstić information content (AvgIpc) is 2.98. The van der Waals surface area contributed by atoms with Gasteiger partial charge in [0, 0.05) is 17.8 Å². The first-order chi connectivity index (χ1) is 11.9. The third-order valence-electron chi connectivity index (χ3n) is 3.41. The van der Waals surface area contributed by atoms with Crippen LogP contribution >= 0.6 is 23.2 Å². The van der Waals surface area contributed by atoms with Gasteiger partial charge in [-0.25, -0.2) is 4.79 Å². The number of fused-ring (bicyclic) bond motifs is 1. The number of rotatable bonds is 4. The van der Waals surface area contributed by atoms with Crippen molar-refractivity contribution in [1.29, 1.82) is 0 Å². The molecule has 0 atom stereocenters. The van der Waals surface area contributed by atoms with Crippen molar-refractivity contribution in [1.82, 2.24) is 4.98 Å². The maximum Gasteiger partial charge on any atom is 0.372 e. The van der Waals surface area contributed by atoms with Crippen molar-refractivity contribution in [2.24, 2.45) is 0 Å². The molecular formula is C16H10Cl2N2O5. The standard InChI is InChI=1S/C16H10Cl2N2O5/c1-24-10-4-2-3-7-11(14(16(22)23)25-13(7)10)15(21)20-12-8(17)5-19-6-9(12)18/h2-6H,1H3,(H,22,23)(H,19,20,21). The number of hydrogen-bond donors (Lipinski definition) is 2. The molecule has 25 heavy (non-hydrogen) atoms. The zero-order chi connectivity index (χ0) is 18.1. The molecule has 0 saturated carbocycles. The Morgan fingerprint density at radius 2 is 1.92 bits per heavy atom. The van der Waals surface area contributed by atoms with Gasteiger partial charge < -0.3 is 19.6 Å². The average molecular weight is 381 g/mol. The fourth-order valence-corrected chi connectivity index (χ4v) is 2.80. The minimum absolute atomic E-state index is 0.114. The number of aromatic carboxylic acids is 1. The van der Waals surface area contributed by atoms with Crippen molar-refractivity contribution in [3.63, 3.8) is 0 Å². The van der Waals surface area contributed by atoms with Gasteiger partial charge in [0.2, 0.25) is 5.76 Å². The molecule has 1 aromatic carbocycles. The van der Waals surface area contributed by atoms with Crippen molar-refractivity contribution < 1.29 is 23.8 Å². The van der Waals surface area contributed by atoms with Gasteiger partial charge in [-0.05, 0) is 12.1 Å². The van der Waals surface area contributed by atoms with Crippen molar-refractivity contribution >= 4 is 51.7 Å². The second-order valence-electron chi connectivity index (χ2n) is 4.88. The summed E-state index contributed by atoms with van der Waals surface area (Å²) in [5.41, 5.74) is 0.113. The fourth-order valence-electron chi connectivity index (χ4n) is 2.34. The van der Waals surface area contributed by atoms with Crippen molar-refractivity contribution in [3.8, 4) is 5.75 Å². The molecule has 0 aliphatic carbocycles. The highest BCUT2D eigenvalue weighted by molar-refractivity contribution is 6.40. The lowest BCUT2D eigenvalue weighted by molar-refractivity contribution is 0.0660. The molecule has 9 heteroatoms. The maximum atomic E-state index is 12.7. The number of para-hydroxylation sites is 1. The molecule has 1 amide bonds. The number of halogens is 2. The molecule has 0 bridgehead atoms. The van der Waals surface area contributed by atoms with Gasteiger partial charge in [-0.1, -0.05) is 29.3 Å². The topological polar surface area (TPSA) is 102 Å². The molecule has 0 aliphatic heterocycles. The van der Waals surface area contributed by atoms with E-state index in [-0.39, 0.29) is 32.3 Å². The van der Waals surface area contributed by atoms with Crippen LogP contribution in [0.1, 0.15) is 20.9 Å². The number of nitrogens with zero attached hydrogens (tertiary/aromatic N) is 1. The first-order valence-corrected chi connectivity index (χ1v) is 7.62. The molecule has 2 heterocycles. The summed E-state index contributed by atoms with van der Waals surface area (Å²) < 4.78 is 10.5. The highest BCUT2D eigenvalue weighted by Crippen LogP contribution is 2.35. The quantitative estimate of drug-likeness (QED) is 0.706. The SMILES string of the molecule is COc1cccc2c(C(=O)Nc3c(Cl)cncc3Cl)c(C(=O)O)oc12. The number of ether oxygens (including phenoxy) is 1. The summed E-state index contributed by atoms with van der Waals surface area (Å²) in [6, 6.07) is 4.76. The van der Waals surface area contributed by atoms with Crippen LogP contribution in [0.3, 0.4) is 0 Å². The zero-order valence-corrected chi connectivity index (χ0v) is 14.2. The minimum atomic E-state index is -1.39. The summed E-state index contributed by atoms with van der Waals surface area (Å²) in [7, 11) is 1.41.